The van der Waals surface area contributed by atoms with Crippen molar-refractivity contribution in [2.75, 3.05) is 20.1 Å². The van der Waals surface area contributed by atoms with E-state index in [1.165, 1.54) is 29.5 Å². The fourth-order valence-corrected chi connectivity index (χ4v) is 2.91. The van der Waals surface area contributed by atoms with Gasteiger partial charge >= 0.3 is 0 Å². The van der Waals surface area contributed by atoms with Gasteiger partial charge in [-0.1, -0.05) is 25.1 Å². The van der Waals surface area contributed by atoms with Crippen molar-refractivity contribution in [1.82, 2.24) is 10.2 Å². The van der Waals surface area contributed by atoms with Crippen LogP contribution in [0.1, 0.15) is 49.4 Å². The van der Waals surface area contributed by atoms with Crippen LogP contribution in [0, 0.1) is 19.8 Å². The molecule has 0 amide bonds. The molecule has 2 nitrogen and oxygen atoms in total. The van der Waals surface area contributed by atoms with Crippen molar-refractivity contribution in [3.05, 3.63) is 34.9 Å². The molecule has 2 rings (SSSR count). The second kappa shape index (κ2) is 6.73. The fraction of sp³-hybridized carbons (Fsp3) is 0.667. The van der Waals surface area contributed by atoms with Crippen LogP contribution in [0.3, 0.4) is 0 Å². The van der Waals surface area contributed by atoms with Crippen LogP contribution in [0.15, 0.2) is 18.2 Å². The molecule has 112 valence electrons. The lowest BCUT2D eigenvalue weighted by Crippen LogP contribution is -2.38. The summed E-state index contributed by atoms with van der Waals surface area (Å²) in [4.78, 5) is 2.53. The topological polar surface area (TPSA) is 15.3 Å². The van der Waals surface area contributed by atoms with Crippen LogP contribution in [-0.4, -0.2) is 31.1 Å². The average Bonchev–Trinajstić information content (AvgIpc) is 3.25. The van der Waals surface area contributed by atoms with E-state index >= 15 is 0 Å². The van der Waals surface area contributed by atoms with Crippen LogP contribution in [0.4, 0.5) is 0 Å². The van der Waals surface area contributed by atoms with E-state index in [1.807, 2.05) is 0 Å². The average molecular weight is 274 g/mol. The van der Waals surface area contributed by atoms with Crippen molar-refractivity contribution >= 4 is 0 Å². The van der Waals surface area contributed by atoms with Crippen LogP contribution >= 0.6 is 0 Å². The molecule has 2 unspecified atom stereocenters. The standard InChI is InChI=1S/C18H30N2/c1-6-19-18(12-20(5)15(4)16-9-10-16)17-8-7-13(2)14(3)11-17/h7-8,11,15-16,18-19H,6,9-10,12H2,1-5H3. The van der Waals surface area contributed by atoms with Crippen LogP contribution < -0.4 is 5.32 Å². The van der Waals surface area contributed by atoms with Crippen molar-refractivity contribution < 1.29 is 0 Å². The van der Waals surface area contributed by atoms with Gasteiger partial charge in [0.15, 0.2) is 0 Å². The summed E-state index contributed by atoms with van der Waals surface area (Å²) in [5, 5.41) is 3.65. The summed E-state index contributed by atoms with van der Waals surface area (Å²) in [6, 6.07) is 8.02. The number of rotatable bonds is 7. The zero-order valence-electron chi connectivity index (χ0n) is 13.7. The minimum atomic E-state index is 0.436. The van der Waals surface area contributed by atoms with Gasteiger partial charge in [-0.2, -0.15) is 0 Å². The highest BCUT2D eigenvalue weighted by atomic mass is 15.2. The summed E-state index contributed by atoms with van der Waals surface area (Å²) in [6.45, 7) is 11.1. The zero-order valence-corrected chi connectivity index (χ0v) is 13.7. The molecule has 0 heterocycles. The van der Waals surface area contributed by atoms with Crippen molar-refractivity contribution in [2.24, 2.45) is 5.92 Å². The Morgan fingerprint density at radius 1 is 1.25 bits per heavy atom. The molecule has 2 atom stereocenters. The third-order valence-electron chi connectivity index (χ3n) is 4.85. The molecule has 0 aliphatic heterocycles. The molecule has 0 radical (unpaired) electrons. The molecule has 0 aromatic heterocycles. The van der Waals surface area contributed by atoms with E-state index in [2.05, 4.69) is 63.2 Å². The van der Waals surface area contributed by atoms with Gasteiger partial charge in [-0.05, 0) is 69.8 Å². The van der Waals surface area contributed by atoms with Crippen LogP contribution in [0.25, 0.3) is 0 Å². The highest BCUT2D eigenvalue weighted by Crippen LogP contribution is 2.35. The first kappa shape index (κ1) is 15.5. The molecule has 0 spiro atoms. The van der Waals surface area contributed by atoms with E-state index in [9.17, 15) is 0 Å². The zero-order chi connectivity index (χ0) is 14.7. The number of aryl methyl sites for hydroxylation is 2. The molecular weight excluding hydrogens is 244 g/mol. The molecule has 1 aromatic rings. The van der Waals surface area contributed by atoms with E-state index in [0.717, 1.165) is 19.0 Å². The highest BCUT2D eigenvalue weighted by molar-refractivity contribution is 5.32. The van der Waals surface area contributed by atoms with Crippen molar-refractivity contribution in [3.8, 4) is 0 Å². The Labute approximate surface area is 124 Å². The number of likely N-dealkylation sites (N-methyl/N-ethyl adjacent to an activating group) is 2. The van der Waals surface area contributed by atoms with Gasteiger partial charge in [0.1, 0.15) is 0 Å². The summed E-state index contributed by atoms with van der Waals surface area (Å²) in [5.74, 6) is 0.932. The lowest BCUT2D eigenvalue weighted by molar-refractivity contribution is 0.210. The third kappa shape index (κ3) is 3.83. The van der Waals surface area contributed by atoms with E-state index in [1.54, 1.807) is 0 Å². The normalized spacial score (nSPS) is 18.3. The van der Waals surface area contributed by atoms with Crippen LogP contribution in [-0.2, 0) is 0 Å². The monoisotopic (exact) mass is 274 g/mol. The van der Waals surface area contributed by atoms with E-state index < -0.39 is 0 Å². The van der Waals surface area contributed by atoms with Gasteiger partial charge in [0.05, 0.1) is 0 Å². The van der Waals surface area contributed by atoms with Gasteiger partial charge in [0, 0.05) is 18.6 Å². The van der Waals surface area contributed by atoms with Gasteiger partial charge in [-0.15, -0.1) is 0 Å². The first-order valence-electron chi connectivity index (χ1n) is 8.03. The van der Waals surface area contributed by atoms with Gasteiger partial charge in [-0.25, -0.2) is 0 Å². The quantitative estimate of drug-likeness (QED) is 0.816. The Morgan fingerprint density at radius 2 is 1.95 bits per heavy atom. The largest absolute Gasteiger partial charge is 0.309 e. The fourth-order valence-electron chi connectivity index (χ4n) is 2.91. The first-order chi connectivity index (χ1) is 9.52. The third-order valence-corrected chi connectivity index (χ3v) is 4.85. The minimum absolute atomic E-state index is 0.436. The van der Waals surface area contributed by atoms with E-state index in [4.69, 9.17) is 0 Å². The van der Waals surface area contributed by atoms with Crippen molar-refractivity contribution in [3.63, 3.8) is 0 Å². The Balaban J connectivity index is 2.06. The van der Waals surface area contributed by atoms with Gasteiger partial charge in [0.2, 0.25) is 0 Å². The smallest absolute Gasteiger partial charge is 0.0449 e. The molecule has 1 fully saturated rings. The molecule has 1 saturated carbocycles. The number of nitrogens with zero attached hydrogens (tertiary/aromatic N) is 1. The van der Waals surface area contributed by atoms with E-state index in [-0.39, 0.29) is 0 Å². The Morgan fingerprint density at radius 3 is 2.50 bits per heavy atom. The summed E-state index contributed by atoms with van der Waals surface area (Å²) < 4.78 is 0. The number of nitrogens with one attached hydrogen (secondary N) is 1. The number of hydrogen-bond acceptors (Lipinski definition) is 2. The lowest BCUT2D eigenvalue weighted by atomic mass is 10.00. The SMILES string of the molecule is CCNC(CN(C)C(C)C1CC1)c1ccc(C)c(C)c1. The molecule has 0 bridgehead atoms. The Hall–Kier alpha value is -0.860. The number of benzene rings is 1. The van der Waals surface area contributed by atoms with E-state index in [0.29, 0.717) is 12.1 Å². The van der Waals surface area contributed by atoms with Crippen LogP contribution in [0.5, 0.6) is 0 Å². The first-order valence-corrected chi connectivity index (χ1v) is 8.03. The van der Waals surface area contributed by atoms with Crippen molar-refractivity contribution in [1.29, 1.82) is 0 Å². The molecule has 0 saturated heterocycles. The molecule has 1 aliphatic rings. The van der Waals surface area contributed by atoms with Gasteiger partial charge in [0.25, 0.3) is 0 Å². The van der Waals surface area contributed by atoms with Crippen LogP contribution in [0.2, 0.25) is 0 Å². The molecule has 1 aliphatic carbocycles. The van der Waals surface area contributed by atoms with Gasteiger partial charge < -0.3 is 10.2 Å². The maximum absolute atomic E-state index is 3.65. The summed E-state index contributed by atoms with van der Waals surface area (Å²) in [7, 11) is 2.27. The predicted octanol–water partition coefficient (Wildman–Crippen LogP) is 3.68. The molecule has 1 aromatic carbocycles. The number of hydrogen-bond donors (Lipinski definition) is 1. The van der Waals surface area contributed by atoms with Gasteiger partial charge in [-0.3, -0.25) is 0 Å². The summed E-state index contributed by atoms with van der Waals surface area (Å²) >= 11 is 0. The lowest BCUT2D eigenvalue weighted by Gasteiger charge is -2.30. The summed E-state index contributed by atoms with van der Waals surface area (Å²) in [6.07, 6.45) is 2.84. The molecular formula is C18H30N2. The maximum Gasteiger partial charge on any atom is 0.0449 e. The minimum Gasteiger partial charge on any atom is -0.309 e. The predicted molar refractivity (Wildman–Crippen MR) is 87.1 cm³/mol. The van der Waals surface area contributed by atoms with Crippen molar-refractivity contribution in [2.45, 2.75) is 52.6 Å². The molecule has 1 N–H and O–H groups in total. The Kier molecular flexibility index (Phi) is 5.22. The molecule has 20 heavy (non-hydrogen) atoms. The second-order valence-corrected chi connectivity index (χ2v) is 6.47. The molecule has 2 heteroatoms. The second-order valence-electron chi connectivity index (χ2n) is 6.47. The highest BCUT2D eigenvalue weighted by Gasteiger charge is 2.31. The maximum atomic E-state index is 3.65. The Bertz CT molecular complexity index is 437. The summed E-state index contributed by atoms with van der Waals surface area (Å²) in [5.41, 5.74) is 4.19.